The summed E-state index contributed by atoms with van der Waals surface area (Å²) in [6, 6.07) is 0. The fourth-order valence-corrected chi connectivity index (χ4v) is 1.21. The first-order chi connectivity index (χ1) is 4.34. The zero-order valence-electron chi connectivity index (χ0n) is 6.06. The Bertz CT molecular complexity index is 79.0. The molecule has 0 aliphatic carbocycles. The molecule has 1 aliphatic rings. The maximum absolute atomic E-state index is 5.43. The van der Waals surface area contributed by atoms with Crippen LogP contribution < -0.4 is 11.1 Å². The molecule has 0 amide bonds. The molecule has 54 valence electrons. The van der Waals surface area contributed by atoms with Crippen molar-refractivity contribution < 1.29 is 0 Å². The SMILES string of the molecule is CC(CCN)C1CNC1. The molecule has 1 rings (SSSR count). The molecule has 1 atom stereocenters. The normalized spacial score (nSPS) is 23.3. The molecule has 0 saturated carbocycles. The summed E-state index contributed by atoms with van der Waals surface area (Å²) >= 11 is 0. The van der Waals surface area contributed by atoms with Crippen molar-refractivity contribution in [3.63, 3.8) is 0 Å². The monoisotopic (exact) mass is 128 g/mol. The zero-order valence-corrected chi connectivity index (χ0v) is 6.06. The van der Waals surface area contributed by atoms with Gasteiger partial charge in [0.15, 0.2) is 0 Å². The summed E-state index contributed by atoms with van der Waals surface area (Å²) in [7, 11) is 0. The molecular weight excluding hydrogens is 112 g/mol. The number of hydrogen-bond donors (Lipinski definition) is 2. The van der Waals surface area contributed by atoms with Gasteiger partial charge in [-0.05, 0) is 37.9 Å². The third-order valence-electron chi connectivity index (χ3n) is 2.24. The van der Waals surface area contributed by atoms with E-state index in [-0.39, 0.29) is 0 Å². The molecule has 1 heterocycles. The average molecular weight is 128 g/mol. The van der Waals surface area contributed by atoms with Gasteiger partial charge in [-0.15, -0.1) is 0 Å². The van der Waals surface area contributed by atoms with Crippen molar-refractivity contribution in [2.75, 3.05) is 19.6 Å². The van der Waals surface area contributed by atoms with Crippen LogP contribution in [0.15, 0.2) is 0 Å². The molecule has 2 heteroatoms. The minimum atomic E-state index is 0.830. The Morgan fingerprint density at radius 2 is 2.33 bits per heavy atom. The first kappa shape index (κ1) is 7.03. The fraction of sp³-hybridized carbons (Fsp3) is 1.00. The highest BCUT2D eigenvalue weighted by Crippen LogP contribution is 2.17. The summed E-state index contributed by atoms with van der Waals surface area (Å²) < 4.78 is 0. The summed E-state index contributed by atoms with van der Waals surface area (Å²) in [4.78, 5) is 0. The Balaban J connectivity index is 2.08. The lowest BCUT2D eigenvalue weighted by Gasteiger charge is -2.32. The highest BCUT2D eigenvalue weighted by Gasteiger charge is 2.22. The molecule has 0 aromatic heterocycles. The van der Waals surface area contributed by atoms with E-state index in [0.717, 1.165) is 18.4 Å². The summed E-state index contributed by atoms with van der Waals surface area (Å²) in [5.41, 5.74) is 5.43. The van der Waals surface area contributed by atoms with Gasteiger partial charge in [0.25, 0.3) is 0 Å². The maximum Gasteiger partial charge on any atom is -0.000569 e. The van der Waals surface area contributed by atoms with Gasteiger partial charge in [0.2, 0.25) is 0 Å². The van der Waals surface area contributed by atoms with Crippen molar-refractivity contribution in [1.82, 2.24) is 5.32 Å². The molecule has 3 N–H and O–H groups in total. The molecule has 0 aromatic rings. The van der Waals surface area contributed by atoms with Gasteiger partial charge in [-0.25, -0.2) is 0 Å². The van der Waals surface area contributed by atoms with Crippen molar-refractivity contribution in [1.29, 1.82) is 0 Å². The standard InChI is InChI=1S/C7H16N2/c1-6(2-3-8)7-4-9-5-7/h6-7,9H,2-5,8H2,1H3. The van der Waals surface area contributed by atoms with Crippen LogP contribution in [0.5, 0.6) is 0 Å². The minimum absolute atomic E-state index is 0.830. The minimum Gasteiger partial charge on any atom is -0.330 e. The van der Waals surface area contributed by atoms with Crippen LogP contribution >= 0.6 is 0 Å². The van der Waals surface area contributed by atoms with Gasteiger partial charge < -0.3 is 11.1 Å². The van der Waals surface area contributed by atoms with E-state index in [2.05, 4.69) is 12.2 Å². The van der Waals surface area contributed by atoms with Crippen LogP contribution in [-0.4, -0.2) is 19.6 Å². The highest BCUT2D eigenvalue weighted by molar-refractivity contribution is 4.79. The van der Waals surface area contributed by atoms with Crippen molar-refractivity contribution in [3.05, 3.63) is 0 Å². The lowest BCUT2D eigenvalue weighted by Crippen LogP contribution is -2.45. The summed E-state index contributed by atoms with van der Waals surface area (Å²) in [6.45, 7) is 5.55. The van der Waals surface area contributed by atoms with Crippen LogP contribution in [-0.2, 0) is 0 Å². The number of hydrogen-bond acceptors (Lipinski definition) is 2. The second-order valence-corrected chi connectivity index (χ2v) is 2.97. The fourth-order valence-electron chi connectivity index (χ4n) is 1.21. The molecule has 0 bridgehead atoms. The van der Waals surface area contributed by atoms with E-state index in [4.69, 9.17) is 5.73 Å². The molecule has 0 spiro atoms. The summed E-state index contributed by atoms with van der Waals surface area (Å²) in [6.07, 6.45) is 1.19. The van der Waals surface area contributed by atoms with Crippen molar-refractivity contribution >= 4 is 0 Å². The molecule has 0 radical (unpaired) electrons. The molecule has 9 heavy (non-hydrogen) atoms. The second kappa shape index (κ2) is 3.18. The number of rotatable bonds is 3. The lowest BCUT2D eigenvalue weighted by atomic mass is 9.87. The van der Waals surface area contributed by atoms with Gasteiger partial charge >= 0.3 is 0 Å². The molecular formula is C7H16N2. The van der Waals surface area contributed by atoms with Crippen LogP contribution in [0, 0.1) is 11.8 Å². The van der Waals surface area contributed by atoms with E-state index in [1.165, 1.54) is 19.5 Å². The predicted octanol–water partition coefficient (Wildman–Crippen LogP) is 0.191. The largest absolute Gasteiger partial charge is 0.330 e. The van der Waals surface area contributed by atoms with Crippen LogP contribution in [0.2, 0.25) is 0 Å². The van der Waals surface area contributed by atoms with Crippen LogP contribution in [0.1, 0.15) is 13.3 Å². The molecule has 0 aromatic carbocycles. The highest BCUT2D eigenvalue weighted by atomic mass is 14.9. The smallest absolute Gasteiger partial charge is 0.000569 e. The van der Waals surface area contributed by atoms with Crippen LogP contribution in [0.3, 0.4) is 0 Å². The predicted molar refractivity (Wildman–Crippen MR) is 39.2 cm³/mol. The summed E-state index contributed by atoms with van der Waals surface area (Å²) in [5, 5.41) is 3.26. The van der Waals surface area contributed by atoms with Crippen molar-refractivity contribution in [3.8, 4) is 0 Å². The Kier molecular flexibility index (Phi) is 2.49. The first-order valence-electron chi connectivity index (χ1n) is 3.75. The first-order valence-corrected chi connectivity index (χ1v) is 3.75. The van der Waals surface area contributed by atoms with Crippen molar-refractivity contribution in [2.45, 2.75) is 13.3 Å². The molecule has 2 nitrogen and oxygen atoms in total. The Morgan fingerprint density at radius 1 is 1.67 bits per heavy atom. The quantitative estimate of drug-likeness (QED) is 0.569. The van der Waals surface area contributed by atoms with Gasteiger partial charge in [0.1, 0.15) is 0 Å². The average Bonchev–Trinajstić information content (AvgIpc) is 1.60. The third-order valence-corrected chi connectivity index (χ3v) is 2.24. The topological polar surface area (TPSA) is 38.0 Å². The van der Waals surface area contributed by atoms with Gasteiger partial charge in [-0.1, -0.05) is 6.92 Å². The molecule has 1 saturated heterocycles. The van der Waals surface area contributed by atoms with E-state index < -0.39 is 0 Å². The number of nitrogens with two attached hydrogens (primary N) is 1. The van der Waals surface area contributed by atoms with Crippen molar-refractivity contribution in [2.24, 2.45) is 17.6 Å². The van der Waals surface area contributed by atoms with Crippen LogP contribution in [0.25, 0.3) is 0 Å². The Morgan fingerprint density at radius 3 is 2.67 bits per heavy atom. The van der Waals surface area contributed by atoms with Gasteiger partial charge in [-0.2, -0.15) is 0 Å². The maximum atomic E-state index is 5.43. The van der Waals surface area contributed by atoms with E-state index in [0.29, 0.717) is 0 Å². The zero-order chi connectivity index (χ0) is 6.69. The third kappa shape index (κ3) is 1.66. The van der Waals surface area contributed by atoms with Crippen LogP contribution in [0.4, 0.5) is 0 Å². The van der Waals surface area contributed by atoms with E-state index in [1.807, 2.05) is 0 Å². The molecule has 1 aliphatic heterocycles. The molecule has 1 unspecified atom stereocenters. The van der Waals surface area contributed by atoms with Gasteiger partial charge in [0.05, 0.1) is 0 Å². The Hall–Kier alpha value is -0.0800. The Labute approximate surface area is 56.8 Å². The van der Waals surface area contributed by atoms with E-state index in [9.17, 15) is 0 Å². The number of nitrogens with one attached hydrogen (secondary N) is 1. The van der Waals surface area contributed by atoms with E-state index in [1.54, 1.807) is 0 Å². The van der Waals surface area contributed by atoms with Gasteiger partial charge in [-0.3, -0.25) is 0 Å². The lowest BCUT2D eigenvalue weighted by molar-refractivity contribution is 0.240. The summed E-state index contributed by atoms with van der Waals surface area (Å²) in [5.74, 6) is 1.74. The second-order valence-electron chi connectivity index (χ2n) is 2.97. The van der Waals surface area contributed by atoms with Gasteiger partial charge in [0, 0.05) is 0 Å². The van der Waals surface area contributed by atoms with E-state index >= 15 is 0 Å². The molecule has 1 fully saturated rings.